The molecule has 0 unspecified atom stereocenters. The van der Waals surface area contributed by atoms with Gasteiger partial charge in [-0.15, -0.1) is 0 Å². The summed E-state index contributed by atoms with van der Waals surface area (Å²) in [5.74, 6) is -0.0778. The van der Waals surface area contributed by atoms with E-state index in [9.17, 15) is 14.7 Å². The molecule has 0 aliphatic heterocycles. The third-order valence-corrected chi connectivity index (χ3v) is 7.74. The molecule has 2 amide bonds. The van der Waals surface area contributed by atoms with E-state index in [0.717, 1.165) is 18.4 Å². The number of hydrogen-bond acceptors (Lipinski definition) is 4. The summed E-state index contributed by atoms with van der Waals surface area (Å²) in [7, 11) is 0. The van der Waals surface area contributed by atoms with Crippen LogP contribution in [0.25, 0.3) is 0 Å². The fourth-order valence-corrected chi connectivity index (χ4v) is 4.17. The predicted octanol–water partition coefficient (Wildman–Crippen LogP) is 7.82. The van der Waals surface area contributed by atoms with Crippen LogP contribution < -0.4 is 15.4 Å². The van der Waals surface area contributed by atoms with Crippen molar-refractivity contribution in [1.82, 2.24) is 0 Å². The number of aromatic hydroxyl groups is 1. The lowest BCUT2D eigenvalue weighted by Gasteiger charge is -2.31. The normalized spacial score (nSPS) is 12.5. The molecule has 0 heterocycles. The molecule has 0 bridgehead atoms. The molecule has 0 fully saturated rings. The summed E-state index contributed by atoms with van der Waals surface area (Å²) in [6, 6.07) is 19.7. The molecule has 3 aromatic rings. The molecular formula is C33H42N2O4. The van der Waals surface area contributed by atoms with Gasteiger partial charge in [0.2, 0.25) is 0 Å². The highest BCUT2D eigenvalue weighted by molar-refractivity contribution is 6.05. The molecule has 3 N–H and O–H groups in total. The first-order valence-corrected chi connectivity index (χ1v) is 13.7. The van der Waals surface area contributed by atoms with E-state index in [2.05, 4.69) is 64.3 Å². The van der Waals surface area contributed by atoms with Gasteiger partial charge in [-0.1, -0.05) is 78.8 Å². The maximum absolute atomic E-state index is 13.2. The minimum atomic E-state index is -0.721. The quantitative estimate of drug-likeness (QED) is 0.221. The number of rotatable bonds is 11. The fourth-order valence-electron chi connectivity index (χ4n) is 4.17. The van der Waals surface area contributed by atoms with Gasteiger partial charge in [-0.3, -0.25) is 9.59 Å². The predicted molar refractivity (Wildman–Crippen MR) is 159 cm³/mol. The number of phenols is 1. The Morgan fingerprint density at radius 1 is 0.846 bits per heavy atom. The van der Waals surface area contributed by atoms with Crippen molar-refractivity contribution in [2.45, 2.75) is 84.7 Å². The van der Waals surface area contributed by atoms with Crippen molar-refractivity contribution in [3.63, 3.8) is 0 Å². The highest BCUT2D eigenvalue weighted by Gasteiger charge is 2.29. The molecule has 39 heavy (non-hydrogen) atoms. The Bertz CT molecular complexity index is 1300. The number of carbonyl (C=O) groups is 2. The molecule has 3 aromatic carbocycles. The standard InChI is InChI=1S/C33H42N2O4/c1-8-28(39-29-19-16-23(32(4,5)9-2)20-25(29)33(6,7)10-3)31(38)34-24-17-18-26(27(36)21-24)35-30(37)22-14-12-11-13-15-22/h11-21,28,36H,8-10H2,1-7H3,(H,34,38)(H,35,37)/t28-/m1/s1. The third kappa shape index (κ3) is 7.20. The Morgan fingerprint density at radius 3 is 2.10 bits per heavy atom. The summed E-state index contributed by atoms with van der Waals surface area (Å²) in [4.78, 5) is 25.7. The molecule has 0 radical (unpaired) electrons. The molecule has 0 aliphatic carbocycles. The van der Waals surface area contributed by atoms with Crippen molar-refractivity contribution < 1.29 is 19.4 Å². The second-order valence-electron chi connectivity index (χ2n) is 11.2. The lowest BCUT2D eigenvalue weighted by molar-refractivity contribution is -0.122. The first-order valence-electron chi connectivity index (χ1n) is 13.7. The van der Waals surface area contributed by atoms with Gasteiger partial charge >= 0.3 is 0 Å². The Labute approximate surface area is 232 Å². The summed E-state index contributed by atoms with van der Waals surface area (Å²) in [5, 5.41) is 16.0. The summed E-state index contributed by atoms with van der Waals surface area (Å²) >= 11 is 0. The number of nitrogens with one attached hydrogen (secondary N) is 2. The Hall–Kier alpha value is -3.80. The van der Waals surface area contributed by atoms with Crippen molar-refractivity contribution >= 4 is 23.2 Å². The largest absolute Gasteiger partial charge is 0.506 e. The van der Waals surface area contributed by atoms with Crippen LogP contribution in [0.5, 0.6) is 11.5 Å². The van der Waals surface area contributed by atoms with Crippen LogP contribution in [0.15, 0.2) is 66.7 Å². The summed E-state index contributed by atoms with van der Waals surface area (Å²) < 4.78 is 6.34. The smallest absolute Gasteiger partial charge is 0.265 e. The summed E-state index contributed by atoms with van der Waals surface area (Å²) in [5.41, 5.74) is 3.39. The fraction of sp³-hybridized carbons (Fsp3) is 0.394. The Balaban J connectivity index is 1.78. The van der Waals surface area contributed by atoms with Gasteiger partial charge in [0.25, 0.3) is 11.8 Å². The number of amides is 2. The van der Waals surface area contributed by atoms with Crippen LogP contribution in [0.4, 0.5) is 11.4 Å². The highest BCUT2D eigenvalue weighted by atomic mass is 16.5. The van der Waals surface area contributed by atoms with Gasteiger partial charge in [-0.2, -0.15) is 0 Å². The highest BCUT2D eigenvalue weighted by Crippen LogP contribution is 2.39. The lowest BCUT2D eigenvalue weighted by atomic mass is 9.76. The lowest BCUT2D eigenvalue weighted by Crippen LogP contribution is -2.33. The molecule has 0 spiro atoms. The van der Waals surface area contributed by atoms with Crippen LogP contribution in [-0.2, 0) is 15.6 Å². The molecule has 0 aliphatic rings. The summed E-state index contributed by atoms with van der Waals surface area (Å²) in [6.07, 6.45) is 1.69. The van der Waals surface area contributed by atoms with Crippen molar-refractivity contribution in [3.8, 4) is 11.5 Å². The molecule has 6 heteroatoms. The molecule has 6 nitrogen and oxygen atoms in total. The maximum Gasteiger partial charge on any atom is 0.265 e. The van der Waals surface area contributed by atoms with Crippen molar-refractivity contribution in [2.24, 2.45) is 0 Å². The molecule has 208 valence electrons. The monoisotopic (exact) mass is 530 g/mol. The number of carbonyl (C=O) groups excluding carboxylic acids is 2. The van der Waals surface area contributed by atoms with Crippen molar-refractivity contribution in [1.29, 1.82) is 0 Å². The Morgan fingerprint density at radius 2 is 1.51 bits per heavy atom. The molecule has 1 atom stereocenters. The van der Waals surface area contributed by atoms with E-state index in [1.54, 1.807) is 36.4 Å². The maximum atomic E-state index is 13.2. The zero-order valence-corrected chi connectivity index (χ0v) is 24.2. The first kappa shape index (κ1) is 29.8. The van der Waals surface area contributed by atoms with E-state index in [1.165, 1.54) is 11.6 Å². The first-order chi connectivity index (χ1) is 18.4. The van der Waals surface area contributed by atoms with Crippen LogP contribution in [0.2, 0.25) is 0 Å². The minimum absolute atomic E-state index is 0.0351. The summed E-state index contributed by atoms with van der Waals surface area (Å²) in [6.45, 7) is 15.1. The van der Waals surface area contributed by atoms with Gasteiger partial charge in [0.05, 0.1) is 5.69 Å². The number of hydrogen-bond donors (Lipinski definition) is 3. The van der Waals surface area contributed by atoms with Crippen LogP contribution in [0, 0.1) is 0 Å². The van der Waals surface area contributed by atoms with Crippen molar-refractivity contribution in [3.05, 3.63) is 83.4 Å². The molecule has 3 rings (SSSR count). The van der Waals surface area contributed by atoms with E-state index in [-0.39, 0.29) is 34.1 Å². The molecular weight excluding hydrogens is 488 g/mol. The minimum Gasteiger partial charge on any atom is -0.506 e. The van der Waals surface area contributed by atoms with Gasteiger partial charge in [0, 0.05) is 22.9 Å². The van der Waals surface area contributed by atoms with Gasteiger partial charge in [-0.25, -0.2) is 0 Å². The second kappa shape index (κ2) is 12.4. The molecule has 0 saturated heterocycles. The molecule has 0 saturated carbocycles. The average molecular weight is 531 g/mol. The van der Waals surface area contributed by atoms with E-state index in [4.69, 9.17) is 4.74 Å². The van der Waals surface area contributed by atoms with Crippen LogP contribution in [0.3, 0.4) is 0 Å². The number of benzene rings is 3. The van der Waals surface area contributed by atoms with E-state index in [1.807, 2.05) is 19.1 Å². The van der Waals surface area contributed by atoms with Gasteiger partial charge in [0.1, 0.15) is 11.5 Å². The van der Waals surface area contributed by atoms with E-state index in [0.29, 0.717) is 23.4 Å². The number of ether oxygens (including phenoxy) is 1. The zero-order valence-electron chi connectivity index (χ0n) is 24.2. The van der Waals surface area contributed by atoms with Crippen molar-refractivity contribution in [2.75, 3.05) is 10.6 Å². The Kier molecular flexibility index (Phi) is 9.44. The van der Waals surface area contributed by atoms with Crippen LogP contribution in [-0.4, -0.2) is 23.0 Å². The van der Waals surface area contributed by atoms with Crippen LogP contribution >= 0.6 is 0 Å². The van der Waals surface area contributed by atoms with Gasteiger partial charge in [0.15, 0.2) is 6.10 Å². The van der Waals surface area contributed by atoms with Gasteiger partial charge in [-0.05, 0) is 66.0 Å². The number of anilines is 2. The topological polar surface area (TPSA) is 87.7 Å². The second-order valence-corrected chi connectivity index (χ2v) is 11.2. The zero-order chi connectivity index (χ0) is 28.8. The number of phenolic OH excluding ortho intramolecular Hbond substituents is 1. The molecule has 0 aromatic heterocycles. The third-order valence-electron chi connectivity index (χ3n) is 7.74. The van der Waals surface area contributed by atoms with Crippen LogP contribution in [0.1, 0.15) is 89.2 Å². The SMILES string of the molecule is CC[C@@H](Oc1ccc(C(C)(C)CC)cc1C(C)(C)CC)C(=O)Nc1ccc(NC(=O)c2ccccc2)c(O)c1. The average Bonchev–Trinajstić information content (AvgIpc) is 2.93. The van der Waals surface area contributed by atoms with E-state index < -0.39 is 6.10 Å². The van der Waals surface area contributed by atoms with Gasteiger partial charge < -0.3 is 20.5 Å². The van der Waals surface area contributed by atoms with E-state index >= 15 is 0 Å².